The summed E-state index contributed by atoms with van der Waals surface area (Å²) < 4.78 is 0. The van der Waals surface area contributed by atoms with Crippen molar-refractivity contribution >= 4 is 17.7 Å². The van der Waals surface area contributed by atoms with Crippen molar-refractivity contribution in [2.24, 2.45) is 5.73 Å². The van der Waals surface area contributed by atoms with Crippen LogP contribution in [0.15, 0.2) is 41.8 Å². The van der Waals surface area contributed by atoms with Crippen LogP contribution in [0, 0.1) is 6.92 Å². The van der Waals surface area contributed by atoms with Gasteiger partial charge in [0.15, 0.2) is 0 Å². The highest BCUT2D eigenvalue weighted by Gasteiger charge is 2.27. The van der Waals surface area contributed by atoms with Gasteiger partial charge in [-0.25, -0.2) is 0 Å². The maximum Gasteiger partial charge on any atom is 0.210 e. The van der Waals surface area contributed by atoms with Crippen LogP contribution >= 0.6 is 11.3 Å². The molecule has 100 valence electrons. The summed E-state index contributed by atoms with van der Waals surface area (Å²) in [7, 11) is 1.78. The molecule has 0 radical (unpaired) electrons. The molecular formula is C15H18N2OS. The molecule has 0 aliphatic carbocycles. The van der Waals surface area contributed by atoms with E-state index in [0.29, 0.717) is 0 Å². The number of benzene rings is 1. The second-order valence-electron chi connectivity index (χ2n) is 4.62. The molecule has 3 nitrogen and oxygen atoms in total. The van der Waals surface area contributed by atoms with Crippen LogP contribution in [0.5, 0.6) is 0 Å². The lowest BCUT2D eigenvalue weighted by Gasteiger charge is -2.30. The number of carbonyl (C=O) groups excluding carboxylic acids is 1. The number of likely N-dealkylation sites (N-methyl/N-ethyl adjacent to an activating group) is 1. The molecule has 1 amide bonds. The summed E-state index contributed by atoms with van der Waals surface area (Å²) in [5.74, 6) is 0. The molecule has 2 N–H and O–H groups in total. The van der Waals surface area contributed by atoms with Crippen LogP contribution in [0.25, 0.3) is 0 Å². The number of nitrogens with two attached hydrogens (primary N) is 1. The van der Waals surface area contributed by atoms with Crippen molar-refractivity contribution < 1.29 is 4.79 Å². The van der Waals surface area contributed by atoms with Gasteiger partial charge in [-0.3, -0.25) is 4.79 Å². The Bertz CT molecular complexity index is 538. The molecule has 2 unspecified atom stereocenters. The van der Waals surface area contributed by atoms with Crippen LogP contribution in [0.2, 0.25) is 0 Å². The minimum Gasteiger partial charge on any atom is -0.339 e. The summed E-state index contributed by atoms with van der Waals surface area (Å²) in [6.45, 7) is 2.05. The van der Waals surface area contributed by atoms with Gasteiger partial charge >= 0.3 is 0 Å². The van der Waals surface area contributed by atoms with E-state index in [1.165, 1.54) is 5.56 Å². The van der Waals surface area contributed by atoms with Crippen molar-refractivity contribution in [2.75, 3.05) is 7.05 Å². The Hall–Kier alpha value is -1.65. The molecule has 19 heavy (non-hydrogen) atoms. The van der Waals surface area contributed by atoms with Crippen molar-refractivity contribution in [1.82, 2.24) is 4.90 Å². The molecule has 2 atom stereocenters. The SMILES string of the molecule is Cc1ccsc1C(C(N)c1ccccc1)N(C)C=O. The van der Waals surface area contributed by atoms with E-state index in [2.05, 4.69) is 13.0 Å². The molecular weight excluding hydrogens is 256 g/mol. The van der Waals surface area contributed by atoms with Crippen LogP contribution in [0.1, 0.15) is 28.1 Å². The zero-order valence-electron chi connectivity index (χ0n) is 11.1. The third kappa shape index (κ3) is 2.85. The highest BCUT2D eigenvalue weighted by atomic mass is 32.1. The second kappa shape index (κ2) is 5.99. The Balaban J connectivity index is 2.39. The van der Waals surface area contributed by atoms with Crippen LogP contribution in [0.3, 0.4) is 0 Å². The third-order valence-corrected chi connectivity index (χ3v) is 4.39. The summed E-state index contributed by atoms with van der Waals surface area (Å²) in [6.07, 6.45) is 0.840. The molecule has 0 saturated carbocycles. The average molecular weight is 274 g/mol. The molecule has 1 heterocycles. The monoisotopic (exact) mass is 274 g/mol. The van der Waals surface area contributed by atoms with Gasteiger partial charge in [0, 0.05) is 11.9 Å². The predicted octanol–water partition coefficient (Wildman–Crippen LogP) is 2.89. The van der Waals surface area contributed by atoms with Crippen LogP contribution in [-0.4, -0.2) is 18.4 Å². The van der Waals surface area contributed by atoms with Crippen molar-refractivity contribution in [1.29, 1.82) is 0 Å². The summed E-state index contributed by atoms with van der Waals surface area (Å²) in [5.41, 5.74) is 8.59. The van der Waals surface area contributed by atoms with Gasteiger partial charge in [-0.2, -0.15) is 0 Å². The Morgan fingerprint density at radius 3 is 2.47 bits per heavy atom. The standard InChI is InChI=1S/C15H18N2OS/c1-11-8-9-19-15(11)14(17(2)10-18)13(16)12-6-4-3-5-7-12/h3-10,13-14H,16H2,1-2H3. The Kier molecular flexibility index (Phi) is 4.35. The highest BCUT2D eigenvalue weighted by Crippen LogP contribution is 2.35. The summed E-state index contributed by atoms with van der Waals surface area (Å²) in [5, 5.41) is 2.04. The van der Waals surface area contributed by atoms with Gasteiger partial charge in [-0.1, -0.05) is 30.3 Å². The first-order chi connectivity index (χ1) is 9.15. The van der Waals surface area contributed by atoms with Crippen molar-refractivity contribution in [3.63, 3.8) is 0 Å². The topological polar surface area (TPSA) is 46.3 Å². The number of carbonyl (C=O) groups is 1. The van der Waals surface area contributed by atoms with Gasteiger partial charge in [0.2, 0.25) is 6.41 Å². The lowest BCUT2D eigenvalue weighted by Crippen LogP contribution is -2.32. The summed E-state index contributed by atoms with van der Waals surface area (Å²) in [4.78, 5) is 14.0. The van der Waals surface area contributed by atoms with Gasteiger partial charge in [-0.05, 0) is 29.5 Å². The lowest BCUT2D eigenvalue weighted by atomic mass is 9.96. The molecule has 0 aliphatic heterocycles. The number of nitrogens with zero attached hydrogens (tertiary/aromatic N) is 1. The predicted molar refractivity (Wildman–Crippen MR) is 79.0 cm³/mol. The van der Waals surface area contributed by atoms with E-state index in [9.17, 15) is 4.79 Å². The molecule has 0 aliphatic rings. The normalized spacial score (nSPS) is 13.8. The fourth-order valence-corrected chi connectivity index (χ4v) is 3.34. The van der Waals surface area contributed by atoms with Crippen molar-refractivity contribution in [3.05, 3.63) is 57.8 Å². The molecule has 2 rings (SSSR count). The van der Waals surface area contributed by atoms with Crippen LogP contribution in [0.4, 0.5) is 0 Å². The first kappa shape index (κ1) is 13.8. The zero-order chi connectivity index (χ0) is 13.8. The number of rotatable bonds is 5. The minimum atomic E-state index is -0.228. The summed E-state index contributed by atoms with van der Waals surface area (Å²) >= 11 is 1.64. The number of amides is 1. The first-order valence-corrected chi connectivity index (χ1v) is 7.05. The van der Waals surface area contributed by atoms with E-state index in [1.807, 2.05) is 35.7 Å². The molecule has 2 aromatic rings. The van der Waals surface area contributed by atoms with Gasteiger partial charge in [0.25, 0.3) is 0 Å². The number of hydrogen-bond donors (Lipinski definition) is 1. The number of thiophene rings is 1. The fourth-order valence-electron chi connectivity index (χ4n) is 2.21. The highest BCUT2D eigenvalue weighted by molar-refractivity contribution is 7.10. The summed E-state index contributed by atoms with van der Waals surface area (Å²) in [6, 6.07) is 11.6. The number of aryl methyl sites for hydroxylation is 1. The quantitative estimate of drug-likeness (QED) is 0.852. The molecule has 0 saturated heterocycles. The largest absolute Gasteiger partial charge is 0.339 e. The van der Waals surface area contributed by atoms with Crippen molar-refractivity contribution in [3.8, 4) is 0 Å². The van der Waals surface area contributed by atoms with Gasteiger partial charge in [-0.15, -0.1) is 11.3 Å². The van der Waals surface area contributed by atoms with E-state index >= 15 is 0 Å². The second-order valence-corrected chi connectivity index (χ2v) is 5.57. The fraction of sp³-hybridized carbons (Fsp3) is 0.267. The Morgan fingerprint density at radius 1 is 1.26 bits per heavy atom. The van der Waals surface area contributed by atoms with Gasteiger partial charge in [0.1, 0.15) is 0 Å². The molecule has 1 aromatic carbocycles. The smallest absolute Gasteiger partial charge is 0.210 e. The zero-order valence-corrected chi connectivity index (χ0v) is 11.9. The minimum absolute atomic E-state index is 0.125. The van der Waals surface area contributed by atoms with E-state index in [-0.39, 0.29) is 12.1 Å². The van der Waals surface area contributed by atoms with E-state index in [4.69, 9.17) is 5.73 Å². The van der Waals surface area contributed by atoms with E-state index < -0.39 is 0 Å². The molecule has 0 spiro atoms. The number of hydrogen-bond acceptors (Lipinski definition) is 3. The molecule has 1 aromatic heterocycles. The third-order valence-electron chi connectivity index (χ3n) is 3.30. The maximum atomic E-state index is 11.2. The molecule has 4 heteroatoms. The van der Waals surface area contributed by atoms with Gasteiger partial charge in [0.05, 0.1) is 12.1 Å². The van der Waals surface area contributed by atoms with Crippen molar-refractivity contribution in [2.45, 2.75) is 19.0 Å². The lowest BCUT2D eigenvalue weighted by molar-refractivity contribution is -0.119. The Morgan fingerprint density at radius 2 is 1.95 bits per heavy atom. The van der Waals surface area contributed by atoms with Gasteiger partial charge < -0.3 is 10.6 Å². The Labute approximate surface area is 117 Å². The van der Waals surface area contributed by atoms with Crippen LogP contribution < -0.4 is 5.73 Å². The maximum absolute atomic E-state index is 11.2. The first-order valence-electron chi connectivity index (χ1n) is 6.17. The average Bonchev–Trinajstić information content (AvgIpc) is 2.86. The van der Waals surface area contributed by atoms with E-state index in [1.54, 1.807) is 23.3 Å². The van der Waals surface area contributed by atoms with Crippen LogP contribution in [-0.2, 0) is 4.79 Å². The van der Waals surface area contributed by atoms with E-state index in [0.717, 1.165) is 16.9 Å². The molecule has 0 bridgehead atoms. The molecule has 0 fully saturated rings.